The average molecular weight is 361 g/mol. The third-order valence-corrected chi connectivity index (χ3v) is 5.10. The smallest absolute Gasteiger partial charge is 0.193 e. The first-order valence-corrected chi connectivity index (χ1v) is 10.1. The van der Waals surface area contributed by atoms with Crippen molar-refractivity contribution in [2.75, 3.05) is 53.0 Å². The molecule has 0 amide bonds. The van der Waals surface area contributed by atoms with Gasteiger partial charge in [0.05, 0.1) is 19.2 Å². The van der Waals surface area contributed by atoms with E-state index in [9.17, 15) is 0 Å². The van der Waals surface area contributed by atoms with Gasteiger partial charge in [0.1, 0.15) is 0 Å². The van der Waals surface area contributed by atoms with Gasteiger partial charge in [0, 0.05) is 32.7 Å². The Morgan fingerprint density at radius 3 is 2.54 bits per heavy atom. The van der Waals surface area contributed by atoms with Crippen LogP contribution in [0, 0.1) is 5.92 Å². The summed E-state index contributed by atoms with van der Waals surface area (Å²) in [6.45, 7) is 13.0. The number of hydrogen-bond acceptors (Lipinski definition) is 3. The largest absolute Gasteiger partial charge is 0.381 e. The highest BCUT2D eigenvalue weighted by Crippen LogP contribution is 2.21. The first-order chi connectivity index (χ1) is 12.7. The zero-order chi connectivity index (χ0) is 18.8. The number of nitrogens with zero attached hydrogens (tertiary/aromatic N) is 3. The number of nitrogens with one attached hydrogen (secondary N) is 1. The second-order valence-electron chi connectivity index (χ2n) is 6.95. The lowest BCUT2D eigenvalue weighted by Gasteiger charge is -2.30. The van der Waals surface area contributed by atoms with Gasteiger partial charge in [-0.2, -0.15) is 0 Å². The van der Waals surface area contributed by atoms with Crippen molar-refractivity contribution < 1.29 is 4.74 Å². The van der Waals surface area contributed by atoms with Crippen molar-refractivity contribution in [1.82, 2.24) is 15.1 Å². The lowest BCUT2D eigenvalue weighted by molar-refractivity contribution is 0.181. The fourth-order valence-electron chi connectivity index (χ4n) is 3.61. The number of hydrogen-bond donors (Lipinski definition) is 1. The molecule has 1 saturated heterocycles. The van der Waals surface area contributed by atoms with Crippen molar-refractivity contribution in [2.45, 2.75) is 33.2 Å². The molecule has 0 bridgehead atoms. The van der Waals surface area contributed by atoms with Crippen LogP contribution in [0.15, 0.2) is 35.3 Å². The predicted molar refractivity (Wildman–Crippen MR) is 110 cm³/mol. The van der Waals surface area contributed by atoms with Crippen molar-refractivity contribution >= 4 is 5.96 Å². The van der Waals surface area contributed by atoms with Gasteiger partial charge in [-0.3, -0.25) is 9.89 Å². The van der Waals surface area contributed by atoms with E-state index < -0.39 is 0 Å². The van der Waals surface area contributed by atoms with Crippen LogP contribution >= 0.6 is 0 Å². The number of rotatable bonds is 9. The minimum atomic E-state index is 0.308. The van der Waals surface area contributed by atoms with Crippen molar-refractivity contribution in [1.29, 1.82) is 0 Å². The average Bonchev–Trinajstić information content (AvgIpc) is 3.17. The van der Waals surface area contributed by atoms with Crippen LogP contribution in [-0.2, 0) is 4.74 Å². The Balaban J connectivity index is 2.11. The molecule has 0 spiro atoms. The molecule has 1 heterocycles. The summed E-state index contributed by atoms with van der Waals surface area (Å²) in [6.07, 6.45) is 1.15. The molecule has 1 N–H and O–H groups in total. The van der Waals surface area contributed by atoms with Gasteiger partial charge in [-0.15, -0.1) is 0 Å². The summed E-state index contributed by atoms with van der Waals surface area (Å²) in [7, 11) is 2.13. The Bertz CT molecular complexity index is 524. The van der Waals surface area contributed by atoms with Crippen LogP contribution < -0.4 is 5.32 Å². The maximum absolute atomic E-state index is 5.52. The Morgan fingerprint density at radius 1 is 1.23 bits per heavy atom. The van der Waals surface area contributed by atoms with Gasteiger partial charge >= 0.3 is 0 Å². The molecule has 1 aliphatic heterocycles. The van der Waals surface area contributed by atoms with Crippen LogP contribution in [0.25, 0.3) is 0 Å². The summed E-state index contributed by atoms with van der Waals surface area (Å²) >= 11 is 0. The normalized spacial score (nSPS) is 19.0. The van der Waals surface area contributed by atoms with Gasteiger partial charge in [0.2, 0.25) is 0 Å². The maximum atomic E-state index is 5.52. The van der Waals surface area contributed by atoms with E-state index >= 15 is 0 Å². The first kappa shape index (κ1) is 20.7. The molecule has 5 nitrogen and oxygen atoms in total. The zero-order valence-corrected chi connectivity index (χ0v) is 16.9. The van der Waals surface area contributed by atoms with E-state index in [1.165, 1.54) is 5.56 Å². The van der Waals surface area contributed by atoms with Crippen LogP contribution in [0.2, 0.25) is 0 Å². The topological polar surface area (TPSA) is 40.1 Å². The number of guanidine groups is 1. The van der Waals surface area contributed by atoms with Crippen molar-refractivity contribution in [3.8, 4) is 0 Å². The third kappa shape index (κ3) is 5.99. The van der Waals surface area contributed by atoms with Crippen LogP contribution in [0.3, 0.4) is 0 Å². The molecule has 1 fully saturated rings. The Kier molecular flexibility index (Phi) is 8.92. The number of ether oxygens (including phenoxy) is 1. The highest BCUT2D eigenvalue weighted by atomic mass is 16.5. The third-order valence-electron chi connectivity index (χ3n) is 5.10. The van der Waals surface area contributed by atoms with Gasteiger partial charge in [0.25, 0.3) is 0 Å². The molecule has 5 heteroatoms. The van der Waals surface area contributed by atoms with Gasteiger partial charge in [0.15, 0.2) is 5.96 Å². The lowest BCUT2D eigenvalue weighted by Crippen LogP contribution is -2.42. The molecule has 1 aliphatic rings. The SMILES string of the molecule is CCNC(=NCC(c1ccccc1)N(CC)CC)N(C)CC1CCOC1. The molecule has 0 aliphatic carbocycles. The summed E-state index contributed by atoms with van der Waals surface area (Å²) in [5.41, 5.74) is 1.34. The lowest BCUT2D eigenvalue weighted by atomic mass is 10.1. The van der Waals surface area contributed by atoms with Crippen LogP contribution in [0.4, 0.5) is 0 Å². The minimum absolute atomic E-state index is 0.308. The highest BCUT2D eigenvalue weighted by molar-refractivity contribution is 5.79. The molecule has 1 aromatic rings. The maximum Gasteiger partial charge on any atom is 0.193 e. The number of benzene rings is 1. The fourth-order valence-corrected chi connectivity index (χ4v) is 3.61. The minimum Gasteiger partial charge on any atom is -0.381 e. The summed E-state index contributed by atoms with van der Waals surface area (Å²) < 4.78 is 5.52. The summed E-state index contributed by atoms with van der Waals surface area (Å²) in [6, 6.07) is 11.0. The van der Waals surface area contributed by atoms with Crippen molar-refractivity contribution in [3.63, 3.8) is 0 Å². The molecule has 2 unspecified atom stereocenters. The monoisotopic (exact) mass is 360 g/mol. The molecule has 0 saturated carbocycles. The van der Waals surface area contributed by atoms with Crippen LogP contribution in [0.5, 0.6) is 0 Å². The van der Waals surface area contributed by atoms with Gasteiger partial charge in [-0.05, 0) is 32.0 Å². The summed E-state index contributed by atoms with van der Waals surface area (Å²) in [4.78, 5) is 9.73. The fraction of sp³-hybridized carbons (Fsp3) is 0.667. The van der Waals surface area contributed by atoms with Crippen LogP contribution in [0.1, 0.15) is 38.8 Å². The Hall–Kier alpha value is -1.59. The molecular weight excluding hydrogens is 324 g/mol. The first-order valence-electron chi connectivity index (χ1n) is 10.1. The number of aliphatic imine (C=N–C) groups is 1. The van der Waals surface area contributed by atoms with E-state index in [2.05, 4.69) is 73.3 Å². The summed E-state index contributed by atoms with van der Waals surface area (Å²) in [5.74, 6) is 1.60. The number of likely N-dealkylation sites (N-methyl/N-ethyl adjacent to an activating group) is 1. The van der Waals surface area contributed by atoms with Gasteiger partial charge in [-0.1, -0.05) is 44.2 Å². The Labute approximate surface area is 159 Å². The van der Waals surface area contributed by atoms with E-state index in [4.69, 9.17) is 9.73 Å². The van der Waals surface area contributed by atoms with E-state index in [-0.39, 0.29) is 0 Å². The molecule has 1 aromatic carbocycles. The molecule has 2 atom stereocenters. The molecule has 146 valence electrons. The molecule has 26 heavy (non-hydrogen) atoms. The van der Waals surface area contributed by atoms with E-state index in [1.54, 1.807) is 0 Å². The highest BCUT2D eigenvalue weighted by Gasteiger charge is 2.21. The van der Waals surface area contributed by atoms with Gasteiger partial charge < -0.3 is 15.0 Å². The molecule has 0 radical (unpaired) electrons. The standard InChI is InChI=1S/C21H36N4O/c1-5-22-21(24(4)16-18-13-14-26-17-18)23-15-20(25(6-2)7-3)19-11-9-8-10-12-19/h8-12,18,20H,5-7,13-17H2,1-4H3,(H,22,23). The van der Waals surface area contributed by atoms with Gasteiger partial charge in [-0.25, -0.2) is 0 Å². The molecule has 0 aromatic heterocycles. The van der Waals surface area contributed by atoms with E-state index in [1.807, 2.05) is 0 Å². The van der Waals surface area contributed by atoms with Crippen molar-refractivity contribution in [2.24, 2.45) is 10.9 Å². The van der Waals surface area contributed by atoms with Crippen molar-refractivity contribution in [3.05, 3.63) is 35.9 Å². The quantitative estimate of drug-likeness (QED) is 0.543. The zero-order valence-electron chi connectivity index (χ0n) is 16.9. The second kappa shape index (κ2) is 11.2. The van der Waals surface area contributed by atoms with Crippen LogP contribution in [-0.4, -0.2) is 68.7 Å². The summed E-state index contributed by atoms with van der Waals surface area (Å²) in [5, 5.41) is 3.45. The Morgan fingerprint density at radius 2 is 1.96 bits per heavy atom. The second-order valence-corrected chi connectivity index (χ2v) is 6.95. The molecular formula is C21H36N4O. The predicted octanol–water partition coefficient (Wildman–Crippen LogP) is 3.00. The molecule has 2 rings (SSSR count). The van der Waals surface area contributed by atoms with E-state index in [0.717, 1.165) is 58.3 Å². The van der Waals surface area contributed by atoms with E-state index in [0.29, 0.717) is 12.0 Å².